The molecule has 1 N–H and O–H groups in total. The predicted molar refractivity (Wildman–Crippen MR) is 129 cm³/mol. The highest BCUT2D eigenvalue weighted by Crippen LogP contribution is 2.34. The molecule has 1 aromatic heterocycles. The van der Waals surface area contributed by atoms with Crippen LogP contribution in [0.5, 0.6) is 0 Å². The second-order valence-electron chi connectivity index (χ2n) is 9.70. The number of carbonyl (C=O) groups excluding carboxylic acids is 3. The number of hydrogen-bond acceptors (Lipinski definition) is 5. The highest BCUT2D eigenvalue weighted by atomic mass is 16.2. The van der Waals surface area contributed by atoms with Crippen LogP contribution in [0.3, 0.4) is 0 Å². The number of aromatic nitrogens is 1. The number of rotatable bonds is 5. The molecule has 1 atom stereocenters. The van der Waals surface area contributed by atoms with Crippen LogP contribution >= 0.6 is 0 Å². The van der Waals surface area contributed by atoms with Crippen molar-refractivity contribution < 1.29 is 14.4 Å². The van der Waals surface area contributed by atoms with E-state index in [1.807, 2.05) is 30.3 Å². The van der Waals surface area contributed by atoms with Crippen LogP contribution in [-0.4, -0.2) is 46.7 Å². The van der Waals surface area contributed by atoms with Gasteiger partial charge in [0.05, 0.1) is 35.0 Å². The molecule has 2 fully saturated rings. The number of anilines is 1. The SMILES string of the molecule is O=C(NC1CCCCCC1)C1CCCN(c2cccc3c2C(=O)N(Cc2ccccn2)C3=O)C1. The number of imide groups is 1. The minimum atomic E-state index is -0.286. The maximum Gasteiger partial charge on any atom is 0.264 e. The van der Waals surface area contributed by atoms with Gasteiger partial charge in [-0.2, -0.15) is 0 Å². The number of amides is 3. The second-order valence-corrected chi connectivity index (χ2v) is 9.70. The number of carbonyl (C=O) groups is 3. The number of hydrogen-bond donors (Lipinski definition) is 1. The summed E-state index contributed by atoms with van der Waals surface area (Å²) in [5, 5.41) is 3.30. The van der Waals surface area contributed by atoms with E-state index >= 15 is 0 Å². The number of piperidine rings is 1. The lowest BCUT2D eigenvalue weighted by atomic mass is 9.94. The zero-order valence-corrected chi connectivity index (χ0v) is 19.5. The maximum atomic E-state index is 13.4. The molecule has 3 heterocycles. The fraction of sp³-hybridized carbons (Fsp3) is 0.481. The lowest BCUT2D eigenvalue weighted by Gasteiger charge is -2.35. The standard InChI is InChI=1S/C27H32N4O3/c32-25(29-20-10-3-1-2-4-11-20)19-9-8-16-30(17-19)23-14-7-13-22-24(23)27(34)31(26(22)33)18-21-12-5-6-15-28-21/h5-7,12-15,19-20H,1-4,8-11,16-18H2,(H,29,32). The zero-order chi connectivity index (χ0) is 23.5. The maximum absolute atomic E-state index is 13.4. The summed E-state index contributed by atoms with van der Waals surface area (Å²) in [4.78, 5) is 47.2. The molecule has 178 valence electrons. The van der Waals surface area contributed by atoms with Crippen LogP contribution in [0.4, 0.5) is 5.69 Å². The van der Waals surface area contributed by atoms with Gasteiger partial charge in [-0.1, -0.05) is 37.8 Å². The Balaban J connectivity index is 1.32. The first-order chi connectivity index (χ1) is 16.6. The van der Waals surface area contributed by atoms with E-state index in [0.29, 0.717) is 23.4 Å². The van der Waals surface area contributed by atoms with Gasteiger partial charge < -0.3 is 10.2 Å². The third kappa shape index (κ3) is 4.56. The van der Waals surface area contributed by atoms with E-state index < -0.39 is 0 Å². The summed E-state index contributed by atoms with van der Waals surface area (Å²) in [6.45, 7) is 1.49. The first-order valence-electron chi connectivity index (χ1n) is 12.6. The summed E-state index contributed by atoms with van der Waals surface area (Å²) in [6, 6.07) is 11.2. The molecule has 7 nitrogen and oxygen atoms in total. The molecule has 3 amide bonds. The van der Waals surface area contributed by atoms with E-state index in [9.17, 15) is 14.4 Å². The largest absolute Gasteiger partial charge is 0.370 e. The third-order valence-corrected chi connectivity index (χ3v) is 7.36. The third-order valence-electron chi connectivity index (χ3n) is 7.36. The normalized spacial score (nSPS) is 21.4. The lowest BCUT2D eigenvalue weighted by molar-refractivity contribution is -0.126. The van der Waals surface area contributed by atoms with Gasteiger partial charge in [-0.3, -0.25) is 24.3 Å². The van der Waals surface area contributed by atoms with Gasteiger partial charge in [0.1, 0.15) is 0 Å². The van der Waals surface area contributed by atoms with Crippen molar-refractivity contribution in [1.82, 2.24) is 15.2 Å². The van der Waals surface area contributed by atoms with Gasteiger partial charge in [-0.15, -0.1) is 0 Å². The van der Waals surface area contributed by atoms with Crippen LogP contribution in [0.1, 0.15) is 77.8 Å². The molecule has 1 unspecified atom stereocenters. The molecule has 7 heteroatoms. The quantitative estimate of drug-likeness (QED) is 0.540. The zero-order valence-electron chi connectivity index (χ0n) is 19.5. The first kappa shape index (κ1) is 22.6. The van der Waals surface area contributed by atoms with Crippen molar-refractivity contribution in [3.8, 4) is 0 Å². The van der Waals surface area contributed by atoms with E-state index in [0.717, 1.165) is 37.9 Å². The first-order valence-corrected chi connectivity index (χ1v) is 12.6. The molecule has 34 heavy (non-hydrogen) atoms. The summed E-state index contributed by atoms with van der Waals surface area (Å²) >= 11 is 0. The summed E-state index contributed by atoms with van der Waals surface area (Å²) in [7, 11) is 0. The molecule has 1 aliphatic carbocycles. The Bertz CT molecular complexity index is 1060. The van der Waals surface area contributed by atoms with Crippen LogP contribution in [-0.2, 0) is 11.3 Å². The Labute approximate surface area is 200 Å². The van der Waals surface area contributed by atoms with E-state index in [-0.39, 0.29) is 36.2 Å². The molecule has 0 spiro atoms. The van der Waals surface area contributed by atoms with Crippen molar-refractivity contribution in [2.24, 2.45) is 5.92 Å². The topological polar surface area (TPSA) is 82.6 Å². The van der Waals surface area contributed by atoms with Gasteiger partial charge >= 0.3 is 0 Å². The number of pyridine rings is 1. The van der Waals surface area contributed by atoms with Gasteiger partial charge in [0.15, 0.2) is 0 Å². The number of nitrogens with one attached hydrogen (secondary N) is 1. The van der Waals surface area contributed by atoms with Crippen molar-refractivity contribution in [3.05, 3.63) is 59.4 Å². The predicted octanol–water partition coefficient (Wildman–Crippen LogP) is 3.93. The molecule has 1 saturated carbocycles. The van der Waals surface area contributed by atoms with Crippen molar-refractivity contribution in [2.75, 3.05) is 18.0 Å². The molecule has 2 aliphatic heterocycles. The van der Waals surface area contributed by atoms with Gasteiger partial charge in [0.2, 0.25) is 5.91 Å². The average Bonchev–Trinajstić information content (AvgIpc) is 3.04. The minimum Gasteiger partial charge on any atom is -0.370 e. The summed E-state index contributed by atoms with van der Waals surface area (Å²) < 4.78 is 0. The number of nitrogens with zero attached hydrogens (tertiary/aromatic N) is 3. The van der Waals surface area contributed by atoms with Crippen LogP contribution < -0.4 is 10.2 Å². The summed E-state index contributed by atoms with van der Waals surface area (Å²) in [5.74, 6) is -0.550. The van der Waals surface area contributed by atoms with Crippen LogP contribution in [0.2, 0.25) is 0 Å². The number of benzene rings is 1. The van der Waals surface area contributed by atoms with Crippen molar-refractivity contribution in [3.63, 3.8) is 0 Å². The molecular weight excluding hydrogens is 428 g/mol. The Kier molecular flexibility index (Phi) is 6.61. The minimum absolute atomic E-state index is 0.107. The molecule has 3 aliphatic rings. The highest BCUT2D eigenvalue weighted by molar-refractivity contribution is 6.23. The van der Waals surface area contributed by atoms with E-state index in [1.165, 1.54) is 30.6 Å². The second kappa shape index (κ2) is 9.95. The Morgan fingerprint density at radius 2 is 1.76 bits per heavy atom. The summed E-state index contributed by atoms with van der Waals surface area (Å²) in [6.07, 6.45) is 10.4. The van der Waals surface area contributed by atoms with Crippen molar-refractivity contribution >= 4 is 23.4 Å². The molecule has 0 bridgehead atoms. The highest BCUT2D eigenvalue weighted by Gasteiger charge is 2.39. The van der Waals surface area contributed by atoms with Gasteiger partial charge in [-0.05, 0) is 49.9 Å². The Hall–Kier alpha value is -3.22. The van der Waals surface area contributed by atoms with Gasteiger partial charge in [0, 0.05) is 25.3 Å². The van der Waals surface area contributed by atoms with Gasteiger partial charge in [0.25, 0.3) is 11.8 Å². The van der Waals surface area contributed by atoms with Crippen LogP contribution in [0.25, 0.3) is 0 Å². The smallest absolute Gasteiger partial charge is 0.264 e. The lowest BCUT2D eigenvalue weighted by Crippen LogP contribution is -2.46. The molecule has 2 aromatic rings. The van der Waals surface area contributed by atoms with Crippen molar-refractivity contribution in [2.45, 2.75) is 64.0 Å². The van der Waals surface area contributed by atoms with E-state index in [1.54, 1.807) is 12.3 Å². The molecule has 0 radical (unpaired) electrons. The fourth-order valence-electron chi connectivity index (χ4n) is 5.53. The Morgan fingerprint density at radius 1 is 0.941 bits per heavy atom. The van der Waals surface area contributed by atoms with Crippen molar-refractivity contribution in [1.29, 1.82) is 0 Å². The molecular formula is C27H32N4O3. The van der Waals surface area contributed by atoms with Crippen LogP contribution in [0.15, 0.2) is 42.6 Å². The fourth-order valence-corrected chi connectivity index (χ4v) is 5.53. The van der Waals surface area contributed by atoms with Gasteiger partial charge in [-0.25, -0.2) is 0 Å². The number of fused-ring (bicyclic) bond motifs is 1. The monoisotopic (exact) mass is 460 g/mol. The van der Waals surface area contributed by atoms with E-state index in [2.05, 4.69) is 15.2 Å². The molecule has 1 aromatic carbocycles. The van der Waals surface area contributed by atoms with Crippen LogP contribution in [0, 0.1) is 5.92 Å². The molecule has 1 saturated heterocycles. The summed E-state index contributed by atoms with van der Waals surface area (Å²) in [5.41, 5.74) is 2.31. The molecule has 5 rings (SSSR count). The Morgan fingerprint density at radius 3 is 2.53 bits per heavy atom. The van der Waals surface area contributed by atoms with E-state index in [4.69, 9.17) is 0 Å². The average molecular weight is 461 g/mol.